The molecule has 1 aliphatic heterocycles. The summed E-state index contributed by atoms with van der Waals surface area (Å²) in [5, 5.41) is 1.16. The molecule has 1 saturated heterocycles. The van der Waals surface area contributed by atoms with Crippen LogP contribution >= 0.6 is 11.3 Å². The summed E-state index contributed by atoms with van der Waals surface area (Å²) >= 11 is 1.80. The Kier molecular flexibility index (Phi) is 3.33. The average molecular weight is 239 g/mol. The summed E-state index contributed by atoms with van der Waals surface area (Å²) in [5.41, 5.74) is 6.37. The Morgan fingerprint density at radius 1 is 1.62 bits per heavy atom. The maximum absolute atomic E-state index is 6.14. The first kappa shape index (κ1) is 12.0. The van der Waals surface area contributed by atoms with Crippen LogP contribution in [-0.2, 0) is 6.54 Å². The van der Waals surface area contributed by atoms with Gasteiger partial charge < -0.3 is 5.73 Å². The lowest BCUT2D eigenvalue weighted by Crippen LogP contribution is -2.51. The van der Waals surface area contributed by atoms with Gasteiger partial charge in [0.15, 0.2) is 0 Å². The van der Waals surface area contributed by atoms with Crippen LogP contribution in [0.3, 0.4) is 0 Å². The zero-order valence-corrected chi connectivity index (χ0v) is 11.2. The molecule has 0 aliphatic carbocycles. The Hall–Kier alpha value is -0.450. The number of rotatable bonds is 2. The zero-order valence-electron chi connectivity index (χ0n) is 10.4. The molecule has 1 unspecified atom stereocenters. The van der Waals surface area contributed by atoms with Crippen molar-refractivity contribution in [2.75, 3.05) is 13.1 Å². The molecule has 0 aromatic carbocycles. The lowest BCUT2D eigenvalue weighted by atomic mass is 9.80. The van der Waals surface area contributed by atoms with Crippen molar-refractivity contribution in [2.45, 2.75) is 39.8 Å². The molecule has 2 rings (SSSR count). The van der Waals surface area contributed by atoms with Crippen LogP contribution in [0.2, 0.25) is 0 Å². The van der Waals surface area contributed by atoms with Crippen LogP contribution in [0.25, 0.3) is 0 Å². The van der Waals surface area contributed by atoms with Crippen molar-refractivity contribution in [2.24, 2.45) is 11.1 Å². The first-order valence-corrected chi connectivity index (χ1v) is 6.68. The van der Waals surface area contributed by atoms with Gasteiger partial charge >= 0.3 is 0 Å². The van der Waals surface area contributed by atoms with E-state index in [0.29, 0.717) is 6.04 Å². The summed E-state index contributed by atoms with van der Waals surface area (Å²) in [7, 11) is 0. The summed E-state index contributed by atoms with van der Waals surface area (Å²) in [4.78, 5) is 8.16. The van der Waals surface area contributed by atoms with Crippen molar-refractivity contribution in [1.29, 1.82) is 0 Å². The third kappa shape index (κ3) is 2.62. The fourth-order valence-corrected chi connectivity index (χ4v) is 3.16. The van der Waals surface area contributed by atoms with E-state index in [1.54, 1.807) is 11.3 Å². The highest BCUT2D eigenvalue weighted by molar-refractivity contribution is 7.11. The summed E-state index contributed by atoms with van der Waals surface area (Å²) in [6.45, 7) is 9.82. The van der Waals surface area contributed by atoms with Crippen LogP contribution in [0.15, 0.2) is 6.20 Å². The molecule has 1 atom stereocenters. The van der Waals surface area contributed by atoms with E-state index in [4.69, 9.17) is 5.73 Å². The quantitative estimate of drug-likeness (QED) is 0.858. The number of likely N-dealkylation sites (tertiary alicyclic amines) is 1. The van der Waals surface area contributed by atoms with E-state index in [1.165, 1.54) is 4.88 Å². The largest absolute Gasteiger partial charge is 0.327 e. The van der Waals surface area contributed by atoms with Crippen LogP contribution in [0.5, 0.6) is 0 Å². The van der Waals surface area contributed by atoms with Crippen molar-refractivity contribution in [1.82, 2.24) is 9.88 Å². The maximum Gasteiger partial charge on any atom is 0.0897 e. The van der Waals surface area contributed by atoms with Gasteiger partial charge in [0.2, 0.25) is 0 Å². The van der Waals surface area contributed by atoms with Crippen LogP contribution in [0, 0.1) is 12.3 Å². The molecule has 3 nitrogen and oxygen atoms in total. The fourth-order valence-electron chi connectivity index (χ4n) is 2.32. The second-order valence-electron chi connectivity index (χ2n) is 5.44. The van der Waals surface area contributed by atoms with E-state index >= 15 is 0 Å². The van der Waals surface area contributed by atoms with Crippen molar-refractivity contribution in [3.8, 4) is 0 Å². The second kappa shape index (κ2) is 4.43. The molecular formula is C12H21N3S. The molecule has 1 fully saturated rings. The molecule has 1 aliphatic rings. The van der Waals surface area contributed by atoms with Crippen molar-refractivity contribution in [3.05, 3.63) is 16.1 Å². The first-order valence-electron chi connectivity index (χ1n) is 5.86. The van der Waals surface area contributed by atoms with E-state index in [1.807, 2.05) is 6.20 Å². The number of piperidine rings is 1. The number of aryl methyl sites for hydroxylation is 1. The number of hydrogen-bond donors (Lipinski definition) is 1. The first-order chi connectivity index (χ1) is 7.47. The number of hydrogen-bond acceptors (Lipinski definition) is 4. The Morgan fingerprint density at radius 3 is 2.94 bits per heavy atom. The highest BCUT2D eigenvalue weighted by Gasteiger charge is 2.33. The highest BCUT2D eigenvalue weighted by atomic mass is 32.1. The Morgan fingerprint density at radius 2 is 2.38 bits per heavy atom. The molecule has 0 spiro atoms. The van der Waals surface area contributed by atoms with Crippen LogP contribution in [0.1, 0.15) is 30.2 Å². The number of nitrogens with two attached hydrogens (primary N) is 1. The van der Waals surface area contributed by atoms with Crippen LogP contribution in [-0.4, -0.2) is 29.0 Å². The van der Waals surface area contributed by atoms with Crippen LogP contribution in [0.4, 0.5) is 0 Å². The lowest BCUT2D eigenvalue weighted by Gasteiger charge is -2.42. The van der Waals surface area contributed by atoms with E-state index in [2.05, 4.69) is 30.7 Å². The third-order valence-corrected chi connectivity index (χ3v) is 4.34. The highest BCUT2D eigenvalue weighted by Crippen LogP contribution is 2.29. The van der Waals surface area contributed by atoms with E-state index < -0.39 is 0 Å². The Labute approximate surface area is 102 Å². The molecule has 2 N–H and O–H groups in total. The van der Waals surface area contributed by atoms with Gasteiger partial charge in [0, 0.05) is 36.8 Å². The minimum atomic E-state index is 0.234. The van der Waals surface area contributed by atoms with Crippen molar-refractivity contribution in [3.63, 3.8) is 0 Å². The van der Waals surface area contributed by atoms with Gasteiger partial charge in [0.25, 0.3) is 0 Å². The zero-order chi connectivity index (χ0) is 11.8. The van der Waals surface area contributed by atoms with Crippen molar-refractivity contribution < 1.29 is 0 Å². The smallest absolute Gasteiger partial charge is 0.0897 e. The van der Waals surface area contributed by atoms with E-state index in [0.717, 1.165) is 31.1 Å². The van der Waals surface area contributed by atoms with Gasteiger partial charge in [-0.25, -0.2) is 4.98 Å². The van der Waals surface area contributed by atoms with Gasteiger partial charge in [-0.1, -0.05) is 13.8 Å². The monoisotopic (exact) mass is 239 g/mol. The second-order valence-corrected chi connectivity index (χ2v) is 6.76. The molecule has 1 aromatic heterocycles. The van der Waals surface area contributed by atoms with E-state index in [-0.39, 0.29) is 5.41 Å². The number of nitrogens with zero attached hydrogens (tertiary/aromatic N) is 2. The molecule has 0 saturated carbocycles. The van der Waals surface area contributed by atoms with E-state index in [9.17, 15) is 0 Å². The molecule has 90 valence electrons. The van der Waals surface area contributed by atoms with Crippen molar-refractivity contribution >= 4 is 11.3 Å². The van der Waals surface area contributed by atoms with Gasteiger partial charge in [0.05, 0.1) is 5.01 Å². The minimum absolute atomic E-state index is 0.234. The number of aromatic nitrogens is 1. The predicted molar refractivity (Wildman–Crippen MR) is 68.5 cm³/mol. The Bertz CT molecular complexity index is 359. The third-order valence-electron chi connectivity index (χ3n) is 3.44. The van der Waals surface area contributed by atoms with Gasteiger partial charge in [-0.2, -0.15) is 0 Å². The van der Waals surface area contributed by atoms with Crippen LogP contribution < -0.4 is 5.73 Å². The molecule has 1 aromatic rings. The molecule has 16 heavy (non-hydrogen) atoms. The molecule has 0 amide bonds. The minimum Gasteiger partial charge on any atom is -0.327 e. The fraction of sp³-hybridized carbons (Fsp3) is 0.750. The molecular weight excluding hydrogens is 218 g/mol. The van der Waals surface area contributed by atoms with Gasteiger partial charge in [-0.15, -0.1) is 11.3 Å². The maximum atomic E-state index is 6.14. The van der Waals surface area contributed by atoms with Gasteiger partial charge in [-0.3, -0.25) is 4.90 Å². The lowest BCUT2D eigenvalue weighted by molar-refractivity contribution is 0.0906. The average Bonchev–Trinajstić information content (AvgIpc) is 2.57. The topological polar surface area (TPSA) is 42.2 Å². The molecule has 0 bridgehead atoms. The standard InChI is InChI=1S/C12H21N3S/c1-9-14-6-10(16-9)7-15-5-4-11(13)12(2,3)8-15/h6,11H,4-5,7-8,13H2,1-3H3. The Balaban J connectivity index is 1.97. The summed E-state index contributed by atoms with van der Waals surface area (Å²) in [6, 6.07) is 0.340. The SMILES string of the molecule is Cc1ncc(CN2CCC(N)C(C)(C)C2)s1. The van der Waals surface area contributed by atoms with Gasteiger partial charge in [0.1, 0.15) is 0 Å². The molecule has 0 radical (unpaired) electrons. The normalized spacial score (nSPS) is 25.9. The molecule has 4 heteroatoms. The summed E-state index contributed by atoms with van der Waals surface area (Å²) < 4.78 is 0. The van der Waals surface area contributed by atoms with Gasteiger partial charge in [-0.05, 0) is 18.8 Å². The molecule has 2 heterocycles. The predicted octanol–water partition coefficient (Wildman–Crippen LogP) is 2.01. The summed E-state index contributed by atoms with van der Waals surface area (Å²) in [5.74, 6) is 0. The number of thiazole rings is 1. The summed E-state index contributed by atoms with van der Waals surface area (Å²) in [6.07, 6.45) is 3.10.